The maximum Gasteiger partial charge on any atom is 0.266 e. The van der Waals surface area contributed by atoms with E-state index in [1.54, 1.807) is 12.5 Å². The topological polar surface area (TPSA) is 18.5 Å². The first kappa shape index (κ1) is 8.63. The summed E-state index contributed by atoms with van der Waals surface area (Å²) in [6, 6.07) is 8.12. The molecule has 0 aliphatic carbocycles. The minimum absolute atomic E-state index is 0.260. The highest BCUT2D eigenvalue weighted by Gasteiger charge is 2.14. The van der Waals surface area contributed by atoms with Gasteiger partial charge in [0.25, 0.3) is 6.29 Å². The molecule has 13 heavy (non-hydrogen) atoms. The molecule has 1 aromatic carbocycles. The first-order valence-corrected chi connectivity index (χ1v) is 5.13. The summed E-state index contributed by atoms with van der Waals surface area (Å²) in [7, 11) is 0. The molecule has 1 aliphatic rings. The standard InChI is InChI=1S/C10H9BrO2/c11-7-8-1-3-9(4-2-8)10-12-5-6-13-10/h1-6,10H,7H2. The van der Waals surface area contributed by atoms with E-state index < -0.39 is 0 Å². The molecule has 1 aromatic rings. The van der Waals surface area contributed by atoms with Crippen LogP contribution in [0.4, 0.5) is 0 Å². The van der Waals surface area contributed by atoms with E-state index in [4.69, 9.17) is 9.47 Å². The summed E-state index contributed by atoms with van der Waals surface area (Å²) >= 11 is 3.39. The number of hydrogen-bond acceptors (Lipinski definition) is 2. The van der Waals surface area contributed by atoms with Gasteiger partial charge in [0.1, 0.15) is 12.5 Å². The van der Waals surface area contributed by atoms with Crippen LogP contribution in [-0.2, 0) is 14.8 Å². The summed E-state index contributed by atoms with van der Waals surface area (Å²) in [5, 5.41) is 0.873. The Bertz CT molecular complexity index is 297. The first-order chi connectivity index (χ1) is 6.40. The molecule has 68 valence electrons. The molecule has 0 spiro atoms. The second kappa shape index (κ2) is 3.83. The SMILES string of the molecule is BrCc1ccc(C2OC=CO2)cc1. The zero-order chi connectivity index (χ0) is 9.10. The Labute approximate surface area is 85.3 Å². The van der Waals surface area contributed by atoms with Crippen molar-refractivity contribution in [2.45, 2.75) is 11.6 Å². The normalized spacial score (nSPS) is 15.5. The summed E-state index contributed by atoms with van der Waals surface area (Å²) in [5.41, 5.74) is 2.28. The van der Waals surface area contributed by atoms with Crippen molar-refractivity contribution in [1.29, 1.82) is 0 Å². The monoisotopic (exact) mass is 240 g/mol. The summed E-state index contributed by atoms with van der Waals surface area (Å²) < 4.78 is 10.4. The number of benzene rings is 1. The Kier molecular flexibility index (Phi) is 2.54. The third-order valence-corrected chi connectivity index (χ3v) is 2.51. The van der Waals surface area contributed by atoms with Crippen molar-refractivity contribution in [3.05, 3.63) is 47.9 Å². The van der Waals surface area contributed by atoms with Crippen LogP contribution in [0.1, 0.15) is 17.4 Å². The van der Waals surface area contributed by atoms with Crippen LogP contribution in [0.5, 0.6) is 0 Å². The van der Waals surface area contributed by atoms with Crippen LogP contribution >= 0.6 is 15.9 Å². The van der Waals surface area contributed by atoms with Gasteiger partial charge in [-0.05, 0) is 5.56 Å². The Morgan fingerprint density at radius 2 is 1.69 bits per heavy atom. The number of rotatable bonds is 2. The lowest BCUT2D eigenvalue weighted by Crippen LogP contribution is -1.97. The number of ether oxygens (including phenoxy) is 2. The van der Waals surface area contributed by atoms with Gasteiger partial charge in [0.2, 0.25) is 0 Å². The number of alkyl halides is 1. The minimum atomic E-state index is -0.260. The van der Waals surface area contributed by atoms with Crippen LogP contribution in [0.25, 0.3) is 0 Å². The molecule has 1 aliphatic heterocycles. The molecule has 0 aromatic heterocycles. The Morgan fingerprint density at radius 1 is 1.08 bits per heavy atom. The van der Waals surface area contributed by atoms with Crippen LogP contribution in [0.3, 0.4) is 0 Å². The fourth-order valence-corrected chi connectivity index (χ4v) is 1.53. The molecular weight excluding hydrogens is 232 g/mol. The van der Waals surface area contributed by atoms with Gasteiger partial charge in [0.05, 0.1) is 0 Å². The minimum Gasteiger partial charge on any atom is -0.455 e. The maximum atomic E-state index is 5.20. The summed E-state index contributed by atoms with van der Waals surface area (Å²) in [5.74, 6) is 0. The van der Waals surface area contributed by atoms with Gasteiger partial charge in [-0.2, -0.15) is 0 Å². The fourth-order valence-electron chi connectivity index (χ4n) is 1.16. The lowest BCUT2D eigenvalue weighted by molar-refractivity contribution is -0.0245. The van der Waals surface area contributed by atoms with Crippen LogP contribution in [0.2, 0.25) is 0 Å². The molecule has 0 amide bonds. The van der Waals surface area contributed by atoms with Gasteiger partial charge in [-0.15, -0.1) is 0 Å². The van der Waals surface area contributed by atoms with Crippen molar-refractivity contribution in [2.75, 3.05) is 0 Å². The highest BCUT2D eigenvalue weighted by Crippen LogP contribution is 2.24. The summed E-state index contributed by atoms with van der Waals surface area (Å²) in [6.45, 7) is 0. The average molecular weight is 241 g/mol. The van der Waals surface area contributed by atoms with E-state index in [9.17, 15) is 0 Å². The van der Waals surface area contributed by atoms with Crippen molar-refractivity contribution >= 4 is 15.9 Å². The van der Waals surface area contributed by atoms with E-state index >= 15 is 0 Å². The number of halogens is 1. The molecule has 0 unspecified atom stereocenters. The molecule has 0 atom stereocenters. The predicted octanol–water partition coefficient (Wildman–Crippen LogP) is 3.10. The van der Waals surface area contributed by atoms with Crippen LogP contribution < -0.4 is 0 Å². The largest absolute Gasteiger partial charge is 0.455 e. The average Bonchev–Trinajstić information content (AvgIpc) is 2.71. The molecule has 3 heteroatoms. The van der Waals surface area contributed by atoms with Gasteiger partial charge in [-0.3, -0.25) is 0 Å². The first-order valence-electron chi connectivity index (χ1n) is 4.01. The Morgan fingerprint density at radius 3 is 2.23 bits per heavy atom. The summed E-state index contributed by atoms with van der Waals surface area (Å²) in [6.07, 6.45) is 2.86. The van der Waals surface area contributed by atoms with Crippen molar-refractivity contribution in [2.24, 2.45) is 0 Å². The van der Waals surface area contributed by atoms with E-state index in [1.165, 1.54) is 5.56 Å². The molecule has 2 nitrogen and oxygen atoms in total. The van der Waals surface area contributed by atoms with Gasteiger partial charge < -0.3 is 9.47 Å². The third-order valence-electron chi connectivity index (χ3n) is 1.87. The van der Waals surface area contributed by atoms with Crippen molar-refractivity contribution in [1.82, 2.24) is 0 Å². The highest BCUT2D eigenvalue weighted by atomic mass is 79.9. The quantitative estimate of drug-likeness (QED) is 0.740. The highest BCUT2D eigenvalue weighted by molar-refractivity contribution is 9.08. The number of hydrogen-bond donors (Lipinski definition) is 0. The third kappa shape index (κ3) is 1.86. The molecule has 0 radical (unpaired) electrons. The molecule has 0 N–H and O–H groups in total. The van der Waals surface area contributed by atoms with Gasteiger partial charge in [0, 0.05) is 10.9 Å². The zero-order valence-corrected chi connectivity index (χ0v) is 8.53. The van der Waals surface area contributed by atoms with E-state index in [2.05, 4.69) is 28.1 Å². The van der Waals surface area contributed by atoms with Gasteiger partial charge >= 0.3 is 0 Å². The molecule has 1 heterocycles. The molecule has 2 rings (SSSR count). The Hall–Kier alpha value is -0.960. The van der Waals surface area contributed by atoms with Gasteiger partial charge in [-0.25, -0.2) is 0 Å². The molecule has 0 saturated heterocycles. The second-order valence-corrected chi connectivity index (χ2v) is 3.31. The summed E-state index contributed by atoms with van der Waals surface area (Å²) in [4.78, 5) is 0. The van der Waals surface area contributed by atoms with Gasteiger partial charge in [0.15, 0.2) is 0 Å². The second-order valence-electron chi connectivity index (χ2n) is 2.75. The van der Waals surface area contributed by atoms with E-state index in [-0.39, 0.29) is 6.29 Å². The van der Waals surface area contributed by atoms with Gasteiger partial charge in [-0.1, -0.05) is 40.2 Å². The molecule has 0 fully saturated rings. The van der Waals surface area contributed by atoms with Crippen LogP contribution in [0.15, 0.2) is 36.8 Å². The van der Waals surface area contributed by atoms with Crippen molar-refractivity contribution < 1.29 is 9.47 Å². The van der Waals surface area contributed by atoms with E-state index in [1.807, 2.05) is 12.1 Å². The maximum absolute atomic E-state index is 5.20. The van der Waals surface area contributed by atoms with E-state index in [0.29, 0.717) is 0 Å². The van der Waals surface area contributed by atoms with Crippen LogP contribution in [0, 0.1) is 0 Å². The molecular formula is C10H9BrO2. The van der Waals surface area contributed by atoms with Crippen molar-refractivity contribution in [3.8, 4) is 0 Å². The lowest BCUT2D eigenvalue weighted by atomic mass is 10.1. The fraction of sp³-hybridized carbons (Fsp3) is 0.200. The van der Waals surface area contributed by atoms with Crippen molar-refractivity contribution in [3.63, 3.8) is 0 Å². The Balaban J connectivity index is 2.13. The predicted molar refractivity (Wildman–Crippen MR) is 53.1 cm³/mol. The molecule has 0 saturated carbocycles. The lowest BCUT2D eigenvalue weighted by Gasteiger charge is -2.10. The molecule has 0 bridgehead atoms. The smallest absolute Gasteiger partial charge is 0.266 e. The zero-order valence-electron chi connectivity index (χ0n) is 6.94. The van der Waals surface area contributed by atoms with E-state index in [0.717, 1.165) is 10.9 Å². The van der Waals surface area contributed by atoms with Crippen LogP contribution in [-0.4, -0.2) is 0 Å².